The summed E-state index contributed by atoms with van der Waals surface area (Å²) in [6.45, 7) is 1.98. The second-order valence-corrected chi connectivity index (χ2v) is 3.03. The van der Waals surface area contributed by atoms with E-state index in [1.807, 2.05) is 49.4 Å². The van der Waals surface area contributed by atoms with E-state index in [-0.39, 0.29) is 0 Å². The van der Waals surface area contributed by atoms with Crippen LogP contribution < -0.4 is 9.47 Å². The predicted octanol–water partition coefficient (Wildman–Crippen LogP) is 3.29. The first-order valence-corrected chi connectivity index (χ1v) is 4.82. The molecule has 2 heteroatoms. The smallest absolute Gasteiger partial charge is 0.123 e. The molecule has 2 nitrogen and oxygen atoms in total. The fraction of sp³-hybridized carbons (Fsp3) is 0.231. The first-order valence-electron chi connectivity index (χ1n) is 4.82. The van der Waals surface area contributed by atoms with Crippen molar-refractivity contribution in [2.75, 3.05) is 14.2 Å². The van der Waals surface area contributed by atoms with E-state index in [1.54, 1.807) is 14.2 Å². The van der Waals surface area contributed by atoms with Gasteiger partial charge in [-0.15, -0.1) is 0 Å². The average molecular weight is 204 g/mol. The molecule has 0 unspecified atom stereocenters. The van der Waals surface area contributed by atoms with Crippen LogP contribution in [0.1, 0.15) is 12.5 Å². The molecule has 80 valence electrons. The highest BCUT2D eigenvalue weighted by Gasteiger charge is 1.98. The second kappa shape index (κ2) is 5.91. The Morgan fingerprint density at radius 2 is 1.53 bits per heavy atom. The fourth-order valence-electron chi connectivity index (χ4n) is 1.20. The zero-order valence-corrected chi connectivity index (χ0v) is 9.36. The van der Waals surface area contributed by atoms with Crippen molar-refractivity contribution >= 4 is 6.08 Å². The number of allylic oxidation sites excluding steroid dienone is 3. The molecule has 0 amide bonds. The van der Waals surface area contributed by atoms with Crippen LogP contribution in [0.4, 0.5) is 0 Å². The van der Waals surface area contributed by atoms with Gasteiger partial charge in [-0.3, -0.25) is 0 Å². The Balaban J connectivity index is 2.96. The molecule has 0 aromatic heterocycles. The average Bonchev–Trinajstić information content (AvgIpc) is 2.29. The molecule has 0 aliphatic carbocycles. The van der Waals surface area contributed by atoms with Crippen molar-refractivity contribution < 1.29 is 9.47 Å². The predicted molar refractivity (Wildman–Crippen MR) is 63.4 cm³/mol. The van der Waals surface area contributed by atoms with Gasteiger partial charge in [0, 0.05) is 6.07 Å². The molecule has 0 heterocycles. The lowest BCUT2D eigenvalue weighted by Crippen LogP contribution is -1.87. The first kappa shape index (κ1) is 11.4. The summed E-state index contributed by atoms with van der Waals surface area (Å²) in [7, 11) is 3.29. The van der Waals surface area contributed by atoms with E-state index in [9.17, 15) is 0 Å². The lowest BCUT2D eigenvalue weighted by molar-refractivity contribution is 0.394. The molecule has 0 aliphatic heterocycles. The molecule has 0 N–H and O–H groups in total. The molecule has 0 atom stereocenters. The number of methoxy groups -OCH3 is 2. The van der Waals surface area contributed by atoms with Crippen molar-refractivity contribution in [1.82, 2.24) is 0 Å². The van der Waals surface area contributed by atoms with Gasteiger partial charge >= 0.3 is 0 Å². The third-order valence-electron chi connectivity index (χ3n) is 1.97. The van der Waals surface area contributed by atoms with E-state index in [2.05, 4.69) is 0 Å². The Kier molecular flexibility index (Phi) is 4.48. The number of benzene rings is 1. The van der Waals surface area contributed by atoms with Crippen molar-refractivity contribution in [1.29, 1.82) is 0 Å². The maximum atomic E-state index is 5.17. The van der Waals surface area contributed by atoms with E-state index in [4.69, 9.17) is 9.47 Å². The summed E-state index contributed by atoms with van der Waals surface area (Å²) >= 11 is 0. The molecule has 0 bridgehead atoms. The minimum atomic E-state index is 0.800. The zero-order chi connectivity index (χ0) is 11.1. The Morgan fingerprint density at radius 1 is 0.933 bits per heavy atom. The second-order valence-electron chi connectivity index (χ2n) is 3.03. The molecular formula is C13H16O2. The van der Waals surface area contributed by atoms with Gasteiger partial charge < -0.3 is 9.47 Å². The third kappa shape index (κ3) is 3.50. The van der Waals surface area contributed by atoms with Crippen molar-refractivity contribution in [2.45, 2.75) is 6.92 Å². The molecule has 1 rings (SSSR count). The highest BCUT2D eigenvalue weighted by atomic mass is 16.5. The minimum absolute atomic E-state index is 0.800. The maximum absolute atomic E-state index is 5.17. The monoisotopic (exact) mass is 204 g/mol. The van der Waals surface area contributed by atoms with Gasteiger partial charge in [-0.25, -0.2) is 0 Å². The van der Waals surface area contributed by atoms with E-state index in [0.717, 1.165) is 17.1 Å². The number of ether oxygens (including phenoxy) is 2. The van der Waals surface area contributed by atoms with Crippen LogP contribution in [0.5, 0.6) is 11.5 Å². The lowest BCUT2D eigenvalue weighted by atomic mass is 10.2. The topological polar surface area (TPSA) is 18.5 Å². The molecule has 0 spiro atoms. The molecule has 0 fully saturated rings. The van der Waals surface area contributed by atoms with E-state index < -0.39 is 0 Å². The van der Waals surface area contributed by atoms with Gasteiger partial charge in [-0.05, 0) is 24.6 Å². The summed E-state index contributed by atoms with van der Waals surface area (Å²) in [5.74, 6) is 1.60. The molecule has 1 aromatic rings. The van der Waals surface area contributed by atoms with Gasteiger partial charge in [0.05, 0.1) is 14.2 Å². The number of hydrogen-bond donors (Lipinski definition) is 0. The molecule has 15 heavy (non-hydrogen) atoms. The van der Waals surface area contributed by atoms with Gasteiger partial charge in [0.25, 0.3) is 0 Å². The van der Waals surface area contributed by atoms with Crippen LogP contribution in [-0.2, 0) is 0 Å². The molecule has 0 aliphatic rings. The highest BCUT2D eigenvalue weighted by Crippen LogP contribution is 2.23. The Morgan fingerprint density at radius 3 is 2.00 bits per heavy atom. The summed E-state index contributed by atoms with van der Waals surface area (Å²) < 4.78 is 10.3. The van der Waals surface area contributed by atoms with Crippen LogP contribution in [0.15, 0.2) is 36.4 Å². The van der Waals surface area contributed by atoms with Crippen molar-refractivity contribution in [3.63, 3.8) is 0 Å². The van der Waals surface area contributed by atoms with Crippen molar-refractivity contribution in [3.8, 4) is 11.5 Å². The summed E-state index contributed by atoms with van der Waals surface area (Å²) in [5, 5.41) is 0. The molecule has 0 radical (unpaired) electrons. The third-order valence-corrected chi connectivity index (χ3v) is 1.97. The van der Waals surface area contributed by atoms with E-state index in [0.29, 0.717) is 0 Å². The summed E-state index contributed by atoms with van der Waals surface area (Å²) in [6.07, 6.45) is 7.94. The van der Waals surface area contributed by atoms with Gasteiger partial charge in [0.15, 0.2) is 0 Å². The van der Waals surface area contributed by atoms with Crippen LogP contribution >= 0.6 is 0 Å². The van der Waals surface area contributed by atoms with E-state index in [1.165, 1.54) is 0 Å². The standard InChI is InChI=1S/C13H16O2/c1-4-5-6-7-11-8-12(14-2)10-13(9-11)15-3/h4-10H,1-3H3/b5-4-,7-6-. The normalized spacial score (nSPS) is 11.1. The quantitative estimate of drug-likeness (QED) is 0.701. The van der Waals surface area contributed by atoms with Crippen LogP contribution in [0.25, 0.3) is 6.08 Å². The SMILES string of the molecule is C/C=C\C=C/c1cc(OC)cc(OC)c1. The van der Waals surface area contributed by atoms with Gasteiger partial charge in [-0.1, -0.05) is 24.3 Å². The summed E-state index contributed by atoms with van der Waals surface area (Å²) in [6, 6.07) is 5.78. The minimum Gasteiger partial charge on any atom is -0.497 e. The van der Waals surface area contributed by atoms with Gasteiger partial charge in [0.1, 0.15) is 11.5 Å². The van der Waals surface area contributed by atoms with Crippen molar-refractivity contribution in [2.24, 2.45) is 0 Å². The number of rotatable bonds is 4. The Labute approximate surface area is 90.8 Å². The summed E-state index contributed by atoms with van der Waals surface area (Å²) in [5.41, 5.74) is 1.06. The maximum Gasteiger partial charge on any atom is 0.123 e. The number of hydrogen-bond acceptors (Lipinski definition) is 2. The highest BCUT2D eigenvalue weighted by molar-refractivity contribution is 5.56. The summed E-state index contributed by atoms with van der Waals surface area (Å²) in [4.78, 5) is 0. The van der Waals surface area contributed by atoms with Crippen LogP contribution in [0.3, 0.4) is 0 Å². The van der Waals surface area contributed by atoms with Crippen LogP contribution in [0.2, 0.25) is 0 Å². The van der Waals surface area contributed by atoms with Crippen LogP contribution in [0, 0.1) is 0 Å². The lowest BCUT2D eigenvalue weighted by Gasteiger charge is -2.05. The fourth-order valence-corrected chi connectivity index (χ4v) is 1.20. The molecule has 0 saturated carbocycles. The molecule has 1 aromatic carbocycles. The largest absolute Gasteiger partial charge is 0.497 e. The van der Waals surface area contributed by atoms with Gasteiger partial charge in [0.2, 0.25) is 0 Å². The zero-order valence-electron chi connectivity index (χ0n) is 9.36. The van der Waals surface area contributed by atoms with Gasteiger partial charge in [-0.2, -0.15) is 0 Å². The molecular weight excluding hydrogens is 188 g/mol. The van der Waals surface area contributed by atoms with Crippen LogP contribution in [-0.4, -0.2) is 14.2 Å². The Bertz CT molecular complexity index is 343. The first-order chi connectivity index (χ1) is 7.30. The molecule has 0 saturated heterocycles. The Hall–Kier alpha value is -1.70. The van der Waals surface area contributed by atoms with E-state index >= 15 is 0 Å². The van der Waals surface area contributed by atoms with Crippen molar-refractivity contribution in [3.05, 3.63) is 42.0 Å².